The van der Waals surface area contributed by atoms with Gasteiger partial charge in [0, 0.05) is 57.1 Å². The van der Waals surface area contributed by atoms with E-state index in [1.807, 2.05) is 60.2 Å². The van der Waals surface area contributed by atoms with Crippen molar-refractivity contribution in [3.63, 3.8) is 0 Å². The Hall–Kier alpha value is -4.94. The Bertz CT molecular complexity index is 1690. The van der Waals surface area contributed by atoms with Gasteiger partial charge in [0.25, 0.3) is 5.91 Å². The summed E-state index contributed by atoms with van der Waals surface area (Å²) in [5.41, 5.74) is 6.98. The van der Waals surface area contributed by atoms with E-state index in [1.54, 1.807) is 15.8 Å². The van der Waals surface area contributed by atoms with Gasteiger partial charge in [0.1, 0.15) is 23.5 Å². The predicted octanol–water partition coefficient (Wildman–Crippen LogP) is 3.53. The number of aliphatic hydroxyl groups is 1. The highest BCUT2D eigenvalue weighted by Crippen LogP contribution is 2.31. The lowest BCUT2D eigenvalue weighted by molar-refractivity contribution is -0.140. The molecule has 1 aliphatic heterocycles. The molecule has 0 aliphatic carbocycles. The number of hydrogen-bond acceptors (Lipinski definition) is 6. The summed E-state index contributed by atoms with van der Waals surface area (Å²) in [4.78, 5) is 21.3. The van der Waals surface area contributed by atoms with E-state index in [0.717, 1.165) is 33.6 Å². The van der Waals surface area contributed by atoms with Gasteiger partial charge in [-0.05, 0) is 41.0 Å². The van der Waals surface area contributed by atoms with Crippen LogP contribution in [0.2, 0.25) is 0 Å². The summed E-state index contributed by atoms with van der Waals surface area (Å²) in [7, 11) is 1.88. The van der Waals surface area contributed by atoms with Crippen LogP contribution in [0.3, 0.4) is 0 Å². The van der Waals surface area contributed by atoms with Crippen molar-refractivity contribution in [1.82, 2.24) is 24.1 Å². The molecule has 4 heterocycles. The Balaban J connectivity index is 1.18. The number of pyridine rings is 1. The van der Waals surface area contributed by atoms with Crippen molar-refractivity contribution < 1.29 is 9.90 Å². The quantitative estimate of drug-likeness (QED) is 0.360. The number of hydrogen-bond donors (Lipinski definition) is 1. The number of anilines is 1. The summed E-state index contributed by atoms with van der Waals surface area (Å²) in [6, 6.07) is 24.1. The number of imidazole rings is 1. The van der Waals surface area contributed by atoms with Gasteiger partial charge in [-0.15, -0.1) is 0 Å². The molecule has 200 valence electrons. The van der Waals surface area contributed by atoms with E-state index in [4.69, 9.17) is 0 Å². The first-order valence-corrected chi connectivity index (χ1v) is 13.3. The number of amides is 1. The summed E-state index contributed by atoms with van der Waals surface area (Å²) in [6.07, 6.45) is 4.66. The number of carbonyl (C=O) groups is 1. The number of aromatic nitrogens is 4. The Kier molecular flexibility index (Phi) is 6.76. The third kappa shape index (κ3) is 4.93. The van der Waals surface area contributed by atoms with Gasteiger partial charge in [-0.25, -0.2) is 4.98 Å². The Labute approximate surface area is 232 Å². The lowest BCUT2D eigenvalue weighted by Crippen LogP contribution is -2.51. The van der Waals surface area contributed by atoms with Crippen LogP contribution < -0.4 is 4.90 Å². The van der Waals surface area contributed by atoms with Crippen molar-refractivity contribution in [3.05, 3.63) is 96.6 Å². The molecule has 9 nitrogen and oxygen atoms in total. The standard InChI is InChI=1S/C31H29N7O2/c1-35-21-25(19-34-35)24-16-28(38-27(18-32)20-33-30(38)17-24)23-7-9-26(10-8-23)36-11-13-37(14-12-36)31(40)29(39)15-22-5-3-2-4-6-22/h2-10,16-17,19-21,29,39H,11-15H2,1H3/t29-/m0/s1. The molecule has 0 saturated carbocycles. The van der Waals surface area contributed by atoms with E-state index in [-0.39, 0.29) is 5.91 Å². The van der Waals surface area contributed by atoms with Crippen LogP contribution in [0.25, 0.3) is 28.0 Å². The predicted molar refractivity (Wildman–Crippen MR) is 152 cm³/mol. The van der Waals surface area contributed by atoms with Crippen LogP contribution in [0.5, 0.6) is 0 Å². The van der Waals surface area contributed by atoms with Crippen molar-refractivity contribution >= 4 is 17.2 Å². The lowest BCUT2D eigenvalue weighted by Gasteiger charge is -2.37. The molecular weight excluding hydrogens is 502 g/mol. The maximum Gasteiger partial charge on any atom is 0.251 e. The number of piperazine rings is 1. The Morgan fingerprint density at radius 1 is 0.975 bits per heavy atom. The van der Waals surface area contributed by atoms with Crippen molar-refractivity contribution in [2.24, 2.45) is 7.05 Å². The Morgan fingerprint density at radius 2 is 1.73 bits per heavy atom. The molecule has 0 bridgehead atoms. The fourth-order valence-corrected chi connectivity index (χ4v) is 5.31. The number of aliphatic hydroxyl groups excluding tert-OH is 1. The van der Waals surface area contributed by atoms with Crippen LogP contribution in [0.1, 0.15) is 11.3 Å². The normalized spacial score (nSPS) is 14.3. The fraction of sp³-hybridized carbons (Fsp3) is 0.226. The molecule has 1 amide bonds. The average Bonchev–Trinajstić information content (AvgIpc) is 3.63. The number of carbonyl (C=O) groups excluding carboxylic acids is 1. The topological polar surface area (TPSA) is 103 Å². The van der Waals surface area contributed by atoms with E-state index in [9.17, 15) is 15.2 Å². The Morgan fingerprint density at radius 3 is 2.40 bits per heavy atom. The highest BCUT2D eigenvalue weighted by molar-refractivity contribution is 5.81. The molecule has 3 aromatic heterocycles. The fourth-order valence-electron chi connectivity index (χ4n) is 5.31. The molecule has 1 aliphatic rings. The molecular formula is C31H29N7O2. The number of nitriles is 1. The minimum absolute atomic E-state index is 0.218. The van der Waals surface area contributed by atoms with Gasteiger partial charge < -0.3 is 14.9 Å². The zero-order valence-electron chi connectivity index (χ0n) is 22.2. The zero-order chi connectivity index (χ0) is 27.6. The molecule has 1 atom stereocenters. The minimum Gasteiger partial charge on any atom is -0.383 e. The van der Waals surface area contributed by atoms with Crippen LogP contribution in [-0.4, -0.2) is 67.4 Å². The van der Waals surface area contributed by atoms with E-state index in [2.05, 4.69) is 51.4 Å². The number of aryl methyl sites for hydroxylation is 1. The maximum absolute atomic E-state index is 12.8. The first kappa shape index (κ1) is 25.3. The van der Waals surface area contributed by atoms with E-state index < -0.39 is 6.10 Å². The van der Waals surface area contributed by atoms with Crippen LogP contribution in [-0.2, 0) is 18.3 Å². The molecule has 1 N–H and O–H groups in total. The maximum atomic E-state index is 12.8. The molecule has 6 rings (SSSR count). The minimum atomic E-state index is -1.03. The average molecular weight is 532 g/mol. The van der Waals surface area contributed by atoms with Crippen molar-refractivity contribution in [1.29, 1.82) is 5.26 Å². The summed E-state index contributed by atoms with van der Waals surface area (Å²) in [6.45, 7) is 2.48. The third-order valence-corrected chi connectivity index (χ3v) is 7.44. The van der Waals surface area contributed by atoms with Crippen LogP contribution >= 0.6 is 0 Å². The van der Waals surface area contributed by atoms with E-state index in [1.165, 1.54) is 0 Å². The second-order valence-electron chi connectivity index (χ2n) is 10.0. The molecule has 0 spiro atoms. The van der Waals surface area contributed by atoms with Crippen LogP contribution in [0.4, 0.5) is 5.69 Å². The molecule has 0 unspecified atom stereocenters. The molecule has 0 radical (unpaired) electrons. The molecule has 9 heteroatoms. The third-order valence-electron chi connectivity index (χ3n) is 7.44. The van der Waals surface area contributed by atoms with Gasteiger partial charge in [0.2, 0.25) is 0 Å². The summed E-state index contributed by atoms with van der Waals surface area (Å²) in [5, 5.41) is 24.5. The monoisotopic (exact) mass is 531 g/mol. The van der Waals surface area contributed by atoms with Gasteiger partial charge in [-0.2, -0.15) is 10.4 Å². The SMILES string of the molecule is Cn1cc(-c2cc(-c3ccc(N4CCN(C(=O)[C@@H](O)Cc5ccccc5)CC4)cc3)n3c(C#N)cnc3c2)cn1. The first-order chi connectivity index (χ1) is 19.5. The van der Waals surface area contributed by atoms with E-state index >= 15 is 0 Å². The smallest absolute Gasteiger partial charge is 0.251 e. The van der Waals surface area contributed by atoms with Gasteiger partial charge in [0.05, 0.1) is 18.1 Å². The highest BCUT2D eigenvalue weighted by Gasteiger charge is 2.26. The second-order valence-corrected chi connectivity index (χ2v) is 10.0. The van der Waals surface area contributed by atoms with Gasteiger partial charge in [-0.3, -0.25) is 13.9 Å². The molecule has 2 aromatic carbocycles. The molecule has 40 heavy (non-hydrogen) atoms. The zero-order valence-corrected chi connectivity index (χ0v) is 22.2. The number of nitrogens with zero attached hydrogens (tertiary/aromatic N) is 7. The molecule has 5 aromatic rings. The summed E-state index contributed by atoms with van der Waals surface area (Å²) in [5.74, 6) is -0.218. The number of benzene rings is 2. The van der Waals surface area contributed by atoms with Crippen molar-refractivity contribution in [2.75, 3.05) is 31.1 Å². The van der Waals surface area contributed by atoms with Crippen LogP contribution in [0.15, 0.2) is 85.3 Å². The second kappa shape index (κ2) is 10.7. The van der Waals surface area contributed by atoms with Crippen molar-refractivity contribution in [2.45, 2.75) is 12.5 Å². The summed E-state index contributed by atoms with van der Waals surface area (Å²) >= 11 is 0. The molecule has 1 saturated heterocycles. The number of fused-ring (bicyclic) bond motifs is 1. The molecule has 1 fully saturated rings. The largest absolute Gasteiger partial charge is 0.383 e. The van der Waals surface area contributed by atoms with E-state index in [0.29, 0.717) is 43.9 Å². The number of rotatable bonds is 6. The van der Waals surface area contributed by atoms with Gasteiger partial charge in [0.15, 0.2) is 0 Å². The van der Waals surface area contributed by atoms with Gasteiger partial charge >= 0.3 is 0 Å². The van der Waals surface area contributed by atoms with Gasteiger partial charge in [-0.1, -0.05) is 42.5 Å². The van der Waals surface area contributed by atoms with Crippen LogP contribution in [0, 0.1) is 11.3 Å². The lowest BCUT2D eigenvalue weighted by atomic mass is 10.0. The highest BCUT2D eigenvalue weighted by atomic mass is 16.3. The summed E-state index contributed by atoms with van der Waals surface area (Å²) < 4.78 is 3.64. The van der Waals surface area contributed by atoms with Crippen molar-refractivity contribution in [3.8, 4) is 28.5 Å². The first-order valence-electron chi connectivity index (χ1n) is 13.3.